The quantitative estimate of drug-likeness (QED) is 0.784. The van der Waals surface area contributed by atoms with Crippen LogP contribution in [0.25, 0.3) is 11.1 Å². The van der Waals surface area contributed by atoms with Crippen molar-refractivity contribution in [3.8, 4) is 16.9 Å². The summed E-state index contributed by atoms with van der Waals surface area (Å²) in [5.41, 5.74) is 3.78. The molecule has 0 bridgehead atoms. The monoisotopic (exact) mass is 394 g/mol. The van der Waals surface area contributed by atoms with Crippen molar-refractivity contribution in [3.63, 3.8) is 0 Å². The third-order valence-corrected chi connectivity index (χ3v) is 5.69. The summed E-state index contributed by atoms with van der Waals surface area (Å²) in [6, 6.07) is 13.7. The highest BCUT2D eigenvalue weighted by molar-refractivity contribution is 5.94. The molecule has 0 N–H and O–H groups in total. The Kier molecular flexibility index (Phi) is 5.04. The summed E-state index contributed by atoms with van der Waals surface area (Å²) in [5, 5.41) is 0. The molecule has 0 saturated carbocycles. The number of piperidine rings is 1. The standard InChI is InChI=1S/C23H26N2O4/c1-16(26)25-12-10-23(11-13-25)28-15-20-14-19(8-9-21(20)29-23)17-4-6-18(7-5-17)22(27)24(2)3/h4-9,14H,10-13,15H2,1-3H3. The van der Waals surface area contributed by atoms with E-state index in [-0.39, 0.29) is 11.8 Å². The van der Waals surface area contributed by atoms with Gasteiger partial charge in [0.05, 0.1) is 6.61 Å². The Labute approximate surface area is 171 Å². The number of nitrogens with zero attached hydrogens (tertiary/aromatic N) is 2. The van der Waals surface area contributed by atoms with E-state index in [1.165, 1.54) is 0 Å². The van der Waals surface area contributed by atoms with Crippen LogP contribution in [-0.2, 0) is 16.1 Å². The van der Waals surface area contributed by atoms with Crippen LogP contribution >= 0.6 is 0 Å². The van der Waals surface area contributed by atoms with Crippen molar-refractivity contribution in [2.75, 3.05) is 27.2 Å². The Morgan fingerprint density at radius 1 is 1.00 bits per heavy atom. The van der Waals surface area contributed by atoms with Crippen LogP contribution < -0.4 is 4.74 Å². The topological polar surface area (TPSA) is 59.1 Å². The number of benzene rings is 2. The molecule has 4 rings (SSSR count). The van der Waals surface area contributed by atoms with Crippen LogP contribution in [0, 0.1) is 0 Å². The maximum Gasteiger partial charge on any atom is 0.253 e. The molecule has 0 unspecified atom stereocenters. The molecule has 2 heterocycles. The molecule has 6 nitrogen and oxygen atoms in total. The van der Waals surface area contributed by atoms with Gasteiger partial charge < -0.3 is 19.3 Å². The largest absolute Gasteiger partial charge is 0.462 e. The Morgan fingerprint density at radius 2 is 1.66 bits per heavy atom. The average molecular weight is 394 g/mol. The van der Waals surface area contributed by atoms with Gasteiger partial charge in [-0.2, -0.15) is 0 Å². The molecule has 2 aliphatic rings. The van der Waals surface area contributed by atoms with Gasteiger partial charge in [0.15, 0.2) is 0 Å². The van der Waals surface area contributed by atoms with Crippen LogP contribution in [0.5, 0.6) is 5.75 Å². The predicted molar refractivity (Wildman–Crippen MR) is 110 cm³/mol. The minimum Gasteiger partial charge on any atom is -0.462 e. The van der Waals surface area contributed by atoms with Crippen molar-refractivity contribution in [2.45, 2.75) is 32.2 Å². The number of carbonyl (C=O) groups excluding carboxylic acids is 2. The van der Waals surface area contributed by atoms with E-state index in [1.54, 1.807) is 25.9 Å². The molecule has 29 heavy (non-hydrogen) atoms. The van der Waals surface area contributed by atoms with Gasteiger partial charge in [-0.3, -0.25) is 9.59 Å². The van der Waals surface area contributed by atoms with Crippen LogP contribution in [-0.4, -0.2) is 54.6 Å². The van der Waals surface area contributed by atoms with Crippen molar-refractivity contribution < 1.29 is 19.1 Å². The fourth-order valence-electron chi connectivity index (χ4n) is 3.88. The Morgan fingerprint density at radius 3 is 2.28 bits per heavy atom. The van der Waals surface area contributed by atoms with E-state index in [1.807, 2.05) is 41.3 Å². The van der Waals surface area contributed by atoms with Crippen molar-refractivity contribution in [1.82, 2.24) is 9.80 Å². The molecule has 0 aromatic heterocycles. The average Bonchev–Trinajstić information content (AvgIpc) is 2.73. The van der Waals surface area contributed by atoms with Crippen molar-refractivity contribution in [1.29, 1.82) is 0 Å². The van der Waals surface area contributed by atoms with Gasteiger partial charge >= 0.3 is 0 Å². The number of hydrogen-bond donors (Lipinski definition) is 0. The third kappa shape index (κ3) is 3.85. The molecular weight excluding hydrogens is 368 g/mol. The highest BCUT2D eigenvalue weighted by Gasteiger charge is 2.41. The van der Waals surface area contributed by atoms with Crippen molar-refractivity contribution >= 4 is 11.8 Å². The summed E-state index contributed by atoms with van der Waals surface area (Å²) in [6.45, 7) is 3.39. The molecule has 2 amide bonds. The first-order valence-electron chi connectivity index (χ1n) is 9.90. The molecule has 0 aliphatic carbocycles. The van der Waals surface area contributed by atoms with Gasteiger partial charge in [0, 0.05) is 58.1 Å². The van der Waals surface area contributed by atoms with E-state index in [9.17, 15) is 9.59 Å². The lowest BCUT2D eigenvalue weighted by Crippen LogP contribution is -2.52. The zero-order valence-corrected chi connectivity index (χ0v) is 17.1. The fraction of sp³-hybridized carbons (Fsp3) is 0.391. The molecule has 2 aliphatic heterocycles. The van der Waals surface area contributed by atoms with Crippen LogP contribution in [0.15, 0.2) is 42.5 Å². The summed E-state index contributed by atoms with van der Waals surface area (Å²) in [7, 11) is 3.49. The SMILES string of the molecule is CC(=O)N1CCC2(CC1)OCc1cc(-c3ccc(C(=O)N(C)C)cc3)ccc1O2. The summed E-state index contributed by atoms with van der Waals surface area (Å²) in [5.74, 6) is 0.300. The second kappa shape index (κ2) is 7.52. The van der Waals surface area contributed by atoms with Gasteiger partial charge in [0.2, 0.25) is 11.7 Å². The predicted octanol–water partition coefficient (Wildman–Crippen LogP) is 3.30. The summed E-state index contributed by atoms with van der Waals surface area (Å²) in [6.07, 6.45) is 1.35. The normalized spacial score (nSPS) is 17.4. The summed E-state index contributed by atoms with van der Waals surface area (Å²) < 4.78 is 12.4. The molecule has 0 atom stereocenters. The van der Waals surface area contributed by atoms with E-state index in [0.29, 0.717) is 38.1 Å². The first-order valence-corrected chi connectivity index (χ1v) is 9.90. The second-order valence-corrected chi connectivity index (χ2v) is 7.91. The highest BCUT2D eigenvalue weighted by Crippen LogP contribution is 2.39. The maximum absolute atomic E-state index is 12.1. The van der Waals surface area contributed by atoms with E-state index in [2.05, 4.69) is 6.07 Å². The molecule has 1 fully saturated rings. The minimum atomic E-state index is -0.630. The van der Waals surface area contributed by atoms with Gasteiger partial charge in [-0.05, 0) is 35.4 Å². The molecule has 0 radical (unpaired) electrons. The molecule has 1 spiro atoms. The number of fused-ring (bicyclic) bond motifs is 1. The lowest BCUT2D eigenvalue weighted by Gasteiger charge is -2.43. The van der Waals surface area contributed by atoms with E-state index < -0.39 is 5.79 Å². The fourth-order valence-corrected chi connectivity index (χ4v) is 3.88. The van der Waals surface area contributed by atoms with Gasteiger partial charge in [-0.25, -0.2) is 0 Å². The Balaban J connectivity index is 1.50. The molecule has 152 valence electrons. The first-order chi connectivity index (χ1) is 13.9. The lowest BCUT2D eigenvalue weighted by atomic mass is 9.98. The number of amides is 2. The minimum absolute atomic E-state index is 0.00934. The number of hydrogen-bond acceptors (Lipinski definition) is 4. The van der Waals surface area contributed by atoms with E-state index >= 15 is 0 Å². The highest BCUT2D eigenvalue weighted by atomic mass is 16.7. The molecule has 2 aromatic carbocycles. The van der Waals surface area contributed by atoms with E-state index in [4.69, 9.17) is 9.47 Å². The smallest absolute Gasteiger partial charge is 0.253 e. The molecule has 6 heteroatoms. The van der Waals surface area contributed by atoms with Crippen LogP contribution in [0.4, 0.5) is 0 Å². The lowest BCUT2D eigenvalue weighted by molar-refractivity contribution is -0.227. The Hall–Kier alpha value is -2.86. The van der Waals surface area contributed by atoms with Crippen LogP contribution in [0.1, 0.15) is 35.7 Å². The van der Waals surface area contributed by atoms with Crippen LogP contribution in [0.3, 0.4) is 0 Å². The van der Waals surface area contributed by atoms with Crippen LogP contribution in [0.2, 0.25) is 0 Å². The zero-order valence-electron chi connectivity index (χ0n) is 17.1. The summed E-state index contributed by atoms with van der Waals surface area (Å²) >= 11 is 0. The Bertz CT molecular complexity index is 928. The number of ether oxygens (including phenoxy) is 2. The first kappa shape index (κ1) is 19.5. The van der Waals surface area contributed by atoms with Crippen molar-refractivity contribution in [2.24, 2.45) is 0 Å². The maximum atomic E-state index is 12.1. The van der Waals surface area contributed by atoms with Gasteiger partial charge in [0.1, 0.15) is 5.75 Å². The molecular formula is C23H26N2O4. The zero-order chi connectivity index (χ0) is 20.6. The van der Waals surface area contributed by atoms with E-state index in [0.717, 1.165) is 22.4 Å². The second-order valence-electron chi connectivity index (χ2n) is 7.91. The van der Waals surface area contributed by atoms with Gasteiger partial charge in [0.25, 0.3) is 5.91 Å². The number of carbonyl (C=O) groups is 2. The molecule has 1 saturated heterocycles. The third-order valence-electron chi connectivity index (χ3n) is 5.69. The number of rotatable bonds is 2. The van der Waals surface area contributed by atoms with Gasteiger partial charge in [-0.15, -0.1) is 0 Å². The van der Waals surface area contributed by atoms with Gasteiger partial charge in [-0.1, -0.05) is 18.2 Å². The summed E-state index contributed by atoms with van der Waals surface area (Å²) in [4.78, 5) is 27.0. The van der Waals surface area contributed by atoms with Crippen molar-refractivity contribution in [3.05, 3.63) is 53.6 Å². The number of likely N-dealkylation sites (tertiary alicyclic amines) is 1. The molecule has 2 aromatic rings.